The minimum Gasteiger partial charge on any atom is -0.490 e. The van der Waals surface area contributed by atoms with Crippen LogP contribution < -0.4 is 15.2 Å². The van der Waals surface area contributed by atoms with Crippen molar-refractivity contribution in [3.63, 3.8) is 0 Å². The van der Waals surface area contributed by atoms with E-state index in [4.69, 9.17) is 20.6 Å². The molecule has 0 aliphatic carbocycles. The summed E-state index contributed by atoms with van der Waals surface area (Å²) in [4.78, 5) is 0. The highest BCUT2D eigenvalue weighted by atomic mass is 16.5. The molecule has 0 radical (unpaired) electrons. The van der Waals surface area contributed by atoms with E-state index in [9.17, 15) is 0 Å². The van der Waals surface area contributed by atoms with Crippen LogP contribution in [0.3, 0.4) is 0 Å². The molecule has 4 nitrogen and oxygen atoms in total. The predicted octanol–water partition coefficient (Wildman–Crippen LogP) is 1.13. The number of nitrogens with two attached hydrogens (primary N) is 1. The van der Waals surface area contributed by atoms with Crippen LogP contribution in [0.5, 0.6) is 11.5 Å². The molecule has 0 spiro atoms. The average Bonchev–Trinajstić information content (AvgIpc) is 2.41. The highest BCUT2D eigenvalue weighted by molar-refractivity contribution is 5.95. The molecule has 1 heterocycles. The number of hydrogen-bond donors (Lipinski definition) is 2. The van der Waals surface area contributed by atoms with Gasteiger partial charge in [0, 0.05) is 12.0 Å². The van der Waals surface area contributed by atoms with Crippen molar-refractivity contribution < 1.29 is 9.47 Å². The molecule has 0 saturated carbocycles. The topological polar surface area (TPSA) is 68.3 Å². The molecule has 4 heteroatoms. The van der Waals surface area contributed by atoms with Crippen molar-refractivity contribution in [2.75, 3.05) is 13.2 Å². The van der Waals surface area contributed by atoms with Gasteiger partial charge in [0.1, 0.15) is 5.84 Å². The minimum absolute atomic E-state index is 0.0423. The van der Waals surface area contributed by atoms with E-state index in [1.807, 2.05) is 0 Å². The van der Waals surface area contributed by atoms with Crippen LogP contribution >= 0.6 is 0 Å². The van der Waals surface area contributed by atoms with Crippen molar-refractivity contribution >= 4 is 5.84 Å². The minimum atomic E-state index is 0.0423. The van der Waals surface area contributed by atoms with E-state index in [1.165, 1.54) is 0 Å². The van der Waals surface area contributed by atoms with Gasteiger partial charge in [-0.15, -0.1) is 0 Å². The summed E-state index contributed by atoms with van der Waals surface area (Å²) >= 11 is 0. The Morgan fingerprint density at radius 3 is 2.64 bits per heavy atom. The summed E-state index contributed by atoms with van der Waals surface area (Å²) in [6.07, 6.45) is 0.879. The molecule has 0 unspecified atom stereocenters. The van der Waals surface area contributed by atoms with E-state index in [-0.39, 0.29) is 5.84 Å². The Bertz CT molecular complexity index is 363. The Morgan fingerprint density at radius 2 is 1.93 bits per heavy atom. The first-order valence-corrected chi connectivity index (χ1v) is 4.51. The summed E-state index contributed by atoms with van der Waals surface area (Å²) in [5, 5.41) is 7.29. The molecule has 1 aromatic rings. The monoisotopic (exact) mass is 192 g/mol. The van der Waals surface area contributed by atoms with Crippen LogP contribution in [-0.2, 0) is 0 Å². The van der Waals surface area contributed by atoms with Gasteiger partial charge in [0.15, 0.2) is 11.5 Å². The highest BCUT2D eigenvalue weighted by Crippen LogP contribution is 2.30. The van der Waals surface area contributed by atoms with Crippen molar-refractivity contribution in [2.24, 2.45) is 5.73 Å². The highest BCUT2D eigenvalue weighted by Gasteiger charge is 2.10. The van der Waals surface area contributed by atoms with Crippen molar-refractivity contribution in [3.05, 3.63) is 23.8 Å². The van der Waals surface area contributed by atoms with Crippen LogP contribution in [-0.4, -0.2) is 19.0 Å². The van der Waals surface area contributed by atoms with Crippen molar-refractivity contribution in [3.8, 4) is 11.5 Å². The summed E-state index contributed by atoms with van der Waals surface area (Å²) in [5.41, 5.74) is 6.03. The molecule has 3 N–H and O–H groups in total. The van der Waals surface area contributed by atoms with Gasteiger partial charge in [0.2, 0.25) is 0 Å². The zero-order chi connectivity index (χ0) is 9.97. The number of nitrogen functional groups attached to an aromatic ring is 1. The van der Waals surface area contributed by atoms with Crippen molar-refractivity contribution in [1.82, 2.24) is 0 Å². The lowest BCUT2D eigenvalue weighted by Crippen LogP contribution is -2.11. The summed E-state index contributed by atoms with van der Waals surface area (Å²) in [6.45, 7) is 1.32. The molecule has 0 bridgehead atoms. The number of rotatable bonds is 1. The van der Waals surface area contributed by atoms with Crippen LogP contribution in [0.4, 0.5) is 0 Å². The first kappa shape index (κ1) is 8.87. The number of fused-ring (bicyclic) bond motifs is 1. The van der Waals surface area contributed by atoms with E-state index in [1.54, 1.807) is 18.2 Å². The maximum Gasteiger partial charge on any atom is 0.161 e. The van der Waals surface area contributed by atoms with Gasteiger partial charge in [-0.05, 0) is 18.2 Å². The largest absolute Gasteiger partial charge is 0.490 e. The normalized spacial score (nSPS) is 14.6. The second kappa shape index (κ2) is 3.57. The number of amidine groups is 1. The van der Waals surface area contributed by atoms with Gasteiger partial charge in [-0.3, -0.25) is 5.41 Å². The van der Waals surface area contributed by atoms with E-state index in [2.05, 4.69) is 0 Å². The van der Waals surface area contributed by atoms with Gasteiger partial charge in [-0.1, -0.05) is 0 Å². The molecule has 2 rings (SSSR count). The third-order valence-corrected chi connectivity index (χ3v) is 2.06. The standard InChI is InChI=1S/C10H12N2O2/c11-10(12)7-2-3-8-9(6-7)14-5-1-4-13-8/h2-3,6H,1,4-5H2,(H3,11,12). The van der Waals surface area contributed by atoms with Gasteiger partial charge < -0.3 is 15.2 Å². The summed E-state index contributed by atoms with van der Waals surface area (Å²) in [6, 6.07) is 5.29. The SMILES string of the molecule is N=C(N)c1ccc2c(c1)OCCCO2. The Balaban J connectivity index is 2.37. The molecule has 74 valence electrons. The Kier molecular flexibility index (Phi) is 2.26. The molecule has 0 aromatic heterocycles. The average molecular weight is 192 g/mol. The second-order valence-corrected chi connectivity index (χ2v) is 3.13. The van der Waals surface area contributed by atoms with E-state index in [0.717, 1.165) is 12.2 Å². The zero-order valence-corrected chi connectivity index (χ0v) is 7.75. The quantitative estimate of drug-likeness (QED) is 0.517. The van der Waals surface area contributed by atoms with E-state index < -0.39 is 0 Å². The van der Waals surface area contributed by atoms with Crippen LogP contribution in [0.1, 0.15) is 12.0 Å². The maximum absolute atomic E-state index is 7.29. The Morgan fingerprint density at radius 1 is 1.21 bits per heavy atom. The fraction of sp³-hybridized carbons (Fsp3) is 0.300. The van der Waals surface area contributed by atoms with Crippen molar-refractivity contribution in [1.29, 1.82) is 5.41 Å². The summed E-state index contributed by atoms with van der Waals surface area (Å²) < 4.78 is 10.9. The van der Waals surface area contributed by atoms with E-state index >= 15 is 0 Å². The Hall–Kier alpha value is -1.71. The fourth-order valence-corrected chi connectivity index (χ4v) is 1.33. The number of nitrogens with one attached hydrogen (secondary N) is 1. The molecule has 0 saturated heterocycles. The molecular weight excluding hydrogens is 180 g/mol. The number of ether oxygens (including phenoxy) is 2. The first-order chi connectivity index (χ1) is 6.77. The van der Waals surface area contributed by atoms with Crippen LogP contribution in [0, 0.1) is 5.41 Å². The molecule has 0 fully saturated rings. The molecule has 14 heavy (non-hydrogen) atoms. The lowest BCUT2D eigenvalue weighted by molar-refractivity contribution is 0.297. The van der Waals surface area contributed by atoms with Gasteiger partial charge >= 0.3 is 0 Å². The summed E-state index contributed by atoms with van der Waals surface area (Å²) in [5.74, 6) is 1.45. The lowest BCUT2D eigenvalue weighted by atomic mass is 10.2. The van der Waals surface area contributed by atoms with Crippen LogP contribution in [0.15, 0.2) is 18.2 Å². The number of hydrogen-bond acceptors (Lipinski definition) is 3. The summed E-state index contributed by atoms with van der Waals surface area (Å²) in [7, 11) is 0. The van der Waals surface area contributed by atoms with Crippen molar-refractivity contribution in [2.45, 2.75) is 6.42 Å². The molecule has 0 atom stereocenters. The third-order valence-electron chi connectivity index (χ3n) is 2.06. The lowest BCUT2D eigenvalue weighted by Gasteiger charge is -2.08. The number of benzene rings is 1. The fourth-order valence-electron chi connectivity index (χ4n) is 1.33. The molecule has 1 aliphatic heterocycles. The molecule has 0 amide bonds. The van der Waals surface area contributed by atoms with Crippen LogP contribution in [0.2, 0.25) is 0 Å². The smallest absolute Gasteiger partial charge is 0.161 e. The van der Waals surface area contributed by atoms with Gasteiger partial charge in [-0.25, -0.2) is 0 Å². The third kappa shape index (κ3) is 1.64. The van der Waals surface area contributed by atoms with Crippen LogP contribution in [0.25, 0.3) is 0 Å². The van der Waals surface area contributed by atoms with Gasteiger partial charge in [-0.2, -0.15) is 0 Å². The Labute approximate surface area is 82.1 Å². The van der Waals surface area contributed by atoms with Gasteiger partial charge in [0.25, 0.3) is 0 Å². The first-order valence-electron chi connectivity index (χ1n) is 4.51. The maximum atomic E-state index is 7.29. The van der Waals surface area contributed by atoms with E-state index in [0.29, 0.717) is 24.5 Å². The molecule has 1 aliphatic rings. The zero-order valence-electron chi connectivity index (χ0n) is 7.75. The second-order valence-electron chi connectivity index (χ2n) is 3.13. The molecule has 1 aromatic carbocycles. The predicted molar refractivity (Wildman–Crippen MR) is 53.1 cm³/mol. The van der Waals surface area contributed by atoms with Gasteiger partial charge in [0.05, 0.1) is 13.2 Å². The molecular formula is C10H12N2O2.